The molecule has 0 spiro atoms. The first-order valence-corrected chi connectivity index (χ1v) is 4.49. The minimum Gasteiger partial charge on any atom is -0.316 e. The van der Waals surface area contributed by atoms with Gasteiger partial charge in [-0.1, -0.05) is 6.92 Å². The Hall–Kier alpha value is -0.0400. The van der Waals surface area contributed by atoms with Crippen molar-refractivity contribution in [3.63, 3.8) is 0 Å². The quantitative estimate of drug-likeness (QED) is 0.615. The average Bonchev–Trinajstić information content (AvgIpc) is 2.47. The molecule has 0 aromatic carbocycles. The van der Waals surface area contributed by atoms with E-state index in [9.17, 15) is 0 Å². The molecule has 1 N–H and O–H groups in total. The fraction of sp³-hybridized carbons (Fsp3) is 1.00. The monoisotopic (exact) mass is 139 g/mol. The van der Waals surface area contributed by atoms with Crippen molar-refractivity contribution in [3.8, 4) is 0 Å². The topological polar surface area (TPSA) is 12.0 Å². The van der Waals surface area contributed by atoms with Gasteiger partial charge in [-0.25, -0.2) is 0 Å². The molecule has 2 rings (SSSR count). The first-order valence-electron chi connectivity index (χ1n) is 4.49. The molecule has 1 nitrogen and oxygen atoms in total. The molecule has 1 unspecified atom stereocenters. The molecule has 58 valence electrons. The Bertz CT molecular complexity index is 121. The average molecular weight is 139 g/mol. The lowest BCUT2D eigenvalue weighted by molar-refractivity contribution is 0.397. The van der Waals surface area contributed by atoms with E-state index in [0.717, 1.165) is 11.3 Å². The summed E-state index contributed by atoms with van der Waals surface area (Å²) in [6.07, 6.45) is 5.89. The number of hydrogen-bond donors (Lipinski definition) is 1. The van der Waals surface area contributed by atoms with Crippen LogP contribution in [0.15, 0.2) is 0 Å². The van der Waals surface area contributed by atoms with Crippen LogP contribution in [0, 0.1) is 11.3 Å². The summed E-state index contributed by atoms with van der Waals surface area (Å²) in [5, 5.41) is 3.42. The highest BCUT2D eigenvalue weighted by Crippen LogP contribution is 2.50. The van der Waals surface area contributed by atoms with Gasteiger partial charge in [0, 0.05) is 0 Å². The third-order valence-electron chi connectivity index (χ3n) is 3.05. The van der Waals surface area contributed by atoms with Crippen LogP contribution in [0.3, 0.4) is 0 Å². The molecule has 1 saturated carbocycles. The third-order valence-corrected chi connectivity index (χ3v) is 3.05. The maximum absolute atomic E-state index is 3.42. The fourth-order valence-corrected chi connectivity index (χ4v) is 2.00. The molecule has 2 aliphatic rings. The molecule has 1 heteroatoms. The summed E-state index contributed by atoms with van der Waals surface area (Å²) in [5.41, 5.74) is 0.774. The van der Waals surface area contributed by atoms with Crippen molar-refractivity contribution < 1.29 is 0 Å². The van der Waals surface area contributed by atoms with E-state index in [0.29, 0.717) is 0 Å². The first-order chi connectivity index (χ1) is 4.79. The van der Waals surface area contributed by atoms with Gasteiger partial charge in [0.25, 0.3) is 0 Å². The van der Waals surface area contributed by atoms with Crippen LogP contribution in [0.4, 0.5) is 0 Å². The first kappa shape index (κ1) is 6.66. The molecule has 0 radical (unpaired) electrons. The minimum atomic E-state index is 0.774. The van der Waals surface area contributed by atoms with Crippen molar-refractivity contribution in [1.29, 1.82) is 0 Å². The van der Waals surface area contributed by atoms with E-state index in [2.05, 4.69) is 12.2 Å². The summed E-state index contributed by atoms with van der Waals surface area (Å²) in [5.74, 6) is 1.01. The third kappa shape index (κ3) is 1.34. The van der Waals surface area contributed by atoms with E-state index < -0.39 is 0 Å². The van der Waals surface area contributed by atoms with E-state index in [1.165, 1.54) is 38.8 Å². The van der Waals surface area contributed by atoms with Crippen LogP contribution < -0.4 is 5.32 Å². The van der Waals surface area contributed by atoms with Crippen molar-refractivity contribution in [2.24, 2.45) is 11.3 Å². The van der Waals surface area contributed by atoms with Gasteiger partial charge in [-0.15, -0.1) is 0 Å². The van der Waals surface area contributed by atoms with Crippen LogP contribution in [0.5, 0.6) is 0 Å². The fourth-order valence-electron chi connectivity index (χ4n) is 2.00. The lowest BCUT2D eigenvalue weighted by Crippen LogP contribution is -2.11. The van der Waals surface area contributed by atoms with Gasteiger partial charge < -0.3 is 5.32 Å². The predicted octanol–water partition coefficient (Wildman–Crippen LogP) is 1.79. The molecule has 1 atom stereocenters. The second-order valence-electron chi connectivity index (χ2n) is 4.37. The molecule has 0 amide bonds. The highest BCUT2D eigenvalue weighted by atomic mass is 14.9. The van der Waals surface area contributed by atoms with E-state index in [4.69, 9.17) is 0 Å². The Labute approximate surface area is 63.2 Å². The molecular weight excluding hydrogens is 122 g/mol. The Morgan fingerprint density at radius 1 is 1.50 bits per heavy atom. The van der Waals surface area contributed by atoms with E-state index >= 15 is 0 Å². The molecular formula is C9H17N. The summed E-state index contributed by atoms with van der Waals surface area (Å²) in [7, 11) is 0. The van der Waals surface area contributed by atoms with Crippen molar-refractivity contribution in [3.05, 3.63) is 0 Å². The van der Waals surface area contributed by atoms with Crippen LogP contribution in [0.1, 0.15) is 32.6 Å². The summed E-state index contributed by atoms with van der Waals surface area (Å²) >= 11 is 0. The minimum absolute atomic E-state index is 0.774. The van der Waals surface area contributed by atoms with E-state index in [-0.39, 0.29) is 0 Å². The number of hydrogen-bond acceptors (Lipinski definition) is 1. The Balaban J connectivity index is 1.78. The zero-order valence-corrected chi connectivity index (χ0v) is 6.82. The van der Waals surface area contributed by atoms with Crippen LogP contribution in [-0.2, 0) is 0 Å². The van der Waals surface area contributed by atoms with E-state index in [1.807, 2.05) is 0 Å². The molecule has 0 aromatic heterocycles. The smallest absolute Gasteiger partial charge is 0.00198 e. The summed E-state index contributed by atoms with van der Waals surface area (Å²) < 4.78 is 0. The predicted molar refractivity (Wildman–Crippen MR) is 42.9 cm³/mol. The molecule has 2 fully saturated rings. The second-order valence-corrected chi connectivity index (χ2v) is 4.37. The lowest BCUT2D eigenvalue weighted by atomic mass is 9.93. The van der Waals surface area contributed by atoms with Crippen molar-refractivity contribution in [2.75, 3.05) is 13.1 Å². The van der Waals surface area contributed by atoms with Gasteiger partial charge in [0.15, 0.2) is 0 Å². The van der Waals surface area contributed by atoms with Crippen molar-refractivity contribution in [2.45, 2.75) is 32.6 Å². The molecule has 1 saturated heterocycles. The highest BCUT2D eigenvalue weighted by molar-refractivity contribution is 4.91. The maximum atomic E-state index is 3.42. The molecule has 0 bridgehead atoms. The summed E-state index contributed by atoms with van der Waals surface area (Å²) in [6.45, 7) is 4.99. The van der Waals surface area contributed by atoms with Crippen LogP contribution >= 0.6 is 0 Å². The largest absolute Gasteiger partial charge is 0.316 e. The van der Waals surface area contributed by atoms with Gasteiger partial charge in [-0.05, 0) is 50.1 Å². The number of nitrogens with one attached hydrogen (secondary N) is 1. The van der Waals surface area contributed by atoms with Gasteiger partial charge in [-0.2, -0.15) is 0 Å². The SMILES string of the molecule is CC1(CC2CCNC2)CC1. The molecule has 0 aromatic rings. The molecule has 1 aliphatic heterocycles. The van der Waals surface area contributed by atoms with Crippen molar-refractivity contribution in [1.82, 2.24) is 5.32 Å². The molecule has 1 heterocycles. The molecule has 1 aliphatic carbocycles. The van der Waals surface area contributed by atoms with Crippen LogP contribution in [-0.4, -0.2) is 13.1 Å². The second kappa shape index (κ2) is 2.23. The van der Waals surface area contributed by atoms with Gasteiger partial charge in [0.2, 0.25) is 0 Å². The molecule has 10 heavy (non-hydrogen) atoms. The Morgan fingerprint density at radius 2 is 2.30 bits per heavy atom. The normalized spacial score (nSPS) is 36.3. The lowest BCUT2D eigenvalue weighted by Gasteiger charge is -2.12. The van der Waals surface area contributed by atoms with Crippen LogP contribution in [0.25, 0.3) is 0 Å². The van der Waals surface area contributed by atoms with Gasteiger partial charge in [0.05, 0.1) is 0 Å². The number of rotatable bonds is 2. The van der Waals surface area contributed by atoms with Crippen molar-refractivity contribution >= 4 is 0 Å². The Kier molecular flexibility index (Phi) is 1.48. The van der Waals surface area contributed by atoms with E-state index in [1.54, 1.807) is 0 Å². The summed E-state index contributed by atoms with van der Waals surface area (Å²) in [6, 6.07) is 0. The van der Waals surface area contributed by atoms with Gasteiger partial charge in [0.1, 0.15) is 0 Å². The van der Waals surface area contributed by atoms with Crippen LogP contribution in [0.2, 0.25) is 0 Å². The van der Waals surface area contributed by atoms with Gasteiger partial charge in [-0.3, -0.25) is 0 Å². The van der Waals surface area contributed by atoms with Gasteiger partial charge >= 0.3 is 0 Å². The maximum Gasteiger partial charge on any atom is -0.00198 e. The highest BCUT2D eigenvalue weighted by Gasteiger charge is 2.39. The Morgan fingerprint density at radius 3 is 2.80 bits per heavy atom. The zero-order chi connectivity index (χ0) is 7.03. The summed E-state index contributed by atoms with van der Waals surface area (Å²) in [4.78, 5) is 0. The standard InChI is InChI=1S/C9H17N/c1-9(3-4-9)6-8-2-5-10-7-8/h8,10H,2-7H2,1H3. The zero-order valence-electron chi connectivity index (χ0n) is 6.82.